The molecule has 0 bridgehead atoms. The van der Waals surface area contributed by atoms with Gasteiger partial charge in [-0.15, -0.1) is 0 Å². The Morgan fingerprint density at radius 2 is 1.36 bits per heavy atom. The molecular formula is C31H24N2. The zero-order chi connectivity index (χ0) is 22.2. The van der Waals surface area contributed by atoms with Crippen LogP contribution in [0.25, 0.3) is 38.3 Å². The molecule has 6 aromatic rings. The van der Waals surface area contributed by atoms with Crippen molar-refractivity contribution >= 4 is 44.0 Å². The van der Waals surface area contributed by atoms with Crippen LogP contribution in [0.4, 0.5) is 11.4 Å². The summed E-state index contributed by atoms with van der Waals surface area (Å²) >= 11 is 0. The fourth-order valence-corrected chi connectivity index (χ4v) is 5.74. The Morgan fingerprint density at radius 3 is 2.24 bits per heavy atom. The number of nitrogens with zero attached hydrogens (tertiary/aromatic N) is 1. The lowest BCUT2D eigenvalue weighted by Crippen LogP contribution is -2.25. The highest BCUT2D eigenvalue weighted by Gasteiger charge is 2.33. The Balaban J connectivity index is 1.66. The summed E-state index contributed by atoms with van der Waals surface area (Å²) in [6.07, 6.45) is 0. The number of rotatable bonds is 1. The molecule has 7 rings (SSSR count). The third-order valence-electron chi connectivity index (χ3n) is 7.35. The lowest BCUT2D eigenvalue weighted by Gasteiger charge is -2.35. The molecule has 1 N–H and O–H groups in total. The molecule has 0 spiro atoms. The molecule has 0 amide bonds. The molecule has 1 aromatic heterocycles. The molecule has 0 saturated heterocycles. The monoisotopic (exact) mass is 424 g/mol. The molecule has 2 heteroatoms. The van der Waals surface area contributed by atoms with Crippen LogP contribution in [0.1, 0.15) is 25.0 Å². The van der Waals surface area contributed by atoms with Crippen LogP contribution in [0, 0.1) is 0 Å². The van der Waals surface area contributed by atoms with Crippen LogP contribution in [0.3, 0.4) is 0 Å². The van der Waals surface area contributed by atoms with E-state index in [-0.39, 0.29) is 5.41 Å². The normalized spacial score (nSPS) is 14.2. The van der Waals surface area contributed by atoms with Crippen LogP contribution in [0.2, 0.25) is 0 Å². The van der Waals surface area contributed by atoms with Gasteiger partial charge in [0.2, 0.25) is 0 Å². The first-order valence-electron chi connectivity index (χ1n) is 11.6. The smallest absolute Gasteiger partial charge is 0.0547 e. The van der Waals surface area contributed by atoms with Gasteiger partial charge in [-0.05, 0) is 58.3 Å². The van der Waals surface area contributed by atoms with E-state index in [4.69, 9.17) is 0 Å². The second-order valence-electron chi connectivity index (χ2n) is 9.56. The average Bonchev–Trinajstić information content (AvgIpc) is 3.17. The molecule has 0 saturated carbocycles. The molecule has 0 atom stereocenters. The highest BCUT2D eigenvalue weighted by Crippen LogP contribution is 2.48. The molecule has 1 aliphatic heterocycles. The van der Waals surface area contributed by atoms with E-state index in [9.17, 15) is 0 Å². The molecule has 0 unspecified atom stereocenters. The fraction of sp³-hybridized carbons (Fsp3) is 0.0968. The molecule has 0 aliphatic carbocycles. The molecule has 1 aliphatic rings. The van der Waals surface area contributed by atoms with Crippen molar-refractivity contribution in [1.82, 2.24) is 4.57 Å². The summed E-state index contributed by atoms with van der Waals surface area (Å²) in [4.78, 5) is 0. The number of hydrogen-bond donors (Lipinski definition) is 1. The number of aromatic nitrogens is 1. The van der Waals surface area contributed by atoms with Gasteiger partial charge in [-0.1, -0.05) is 80.6 Å². The second-order valence-corrected chi connectivity index (χ2v) is 9.56. The summed E-state index contributed by atoms with van der Waals surface area (Å²) in [5.74, 6) is 0. The minimum Gasteiger partial charge on any atom is -0.355 e. The largest absolute Gasteiger partial charge is 0.355 e. The van der Waals surface area contributed by atoms with Gasteiger partial charge in [0.1, 0.15) is 0 Å². The van der Waals surface area contributed by atoms with Crippen LogP contribution < -0.4 is 5.32 Å². The Labute approximate surface area is 193 Å². The van der Waals surface area contributed by atoms with E-state index in [1.165, 1.54) is 60.8 Å². The molecule has 158 valence electrons. The van der Waals surface area contributed by atoms with E-state index in [1.807, 2.05) is 0 Å². The summed E-state index contributed by atoms with van der Waals surface area (Å²) in [6, 6.07) is 37.4. The van der Waals surface area contributed by atoms with Crippen LogP contribution in [0.15, 0.2) is 103 Å². The van der Waals surface area contributed by atoms with E-state index < -0.39 is 0 Å². The second kappa shape index (κ2) is 6.49. The number of nitrogens with one attached hydrogen (secondary N) is 1. The van der Waals surface area contributed by atoms with Gasteiger partial charge in [-0.25, -0.2) is 0 Å². The number of fused-ring (bicyclic) bond motifs is 7. The Bertz CT molecular complexity index is 1700. The first-order chi connectivity index (χ1) is 16.1. The van der Waals surface area contributed by atoms with E-state index in [1.54, 1.807) is 0 Å². The highest BCUT2D eigenvalue weighted by atomic mass is 15.0. The van der Waals surface area contributed by atoms with Crippen molar-refractivity contribution < 1.29 is 0 Å². The van der Waals surface area contributed by atoms with Crippen molar-refractivity contribution in [2.75, 3.05) is 5.32 Å². The van der Waals surface area contributed by atoms with Gasteiger partial charge >= 0.3 is 0 Å². The van der Waals surface area contributed by atoms with Crippen molar-refractivity contribution in [1.29, 1.82) is 0 Å². The summed E-state index contributed by atoms with van der Waals surface area (Å²) in [7, 11) is 0. The van der Waals surface area contributed by atoms with Crippen molar-refractivity contribution in [2.24, 2.45) is 0 Å². The topological polar surface area (TPSA) is 17.0 Å². The minimum atomic E-state index is -0.0919. The summed E-state index contributed by atoms with van der Waals surface area (Å²) < 4.78 is 2.42. The standard InChI is InChI=1S/C31H24N2/c1-31(2)24-14-8-9-15-26(24)32-27-18-23-29(19-25(27)31)33(21-11-4-3-5-12-21)28-17-16-20-10-6-7-13-22(20)30(23)28/h3-19,32H,1-2H3. The minimum absolute atomic E-state index is 0.0919. The number of hydrogen-bond acceptors (Lipinski definition) is 1. The maximum Gasteiger partial charge on any atom is 0.0547 e. The molecule has 5 aromatic carbocycles. The Hall–Kier alpha value is -4.04. The van der Waals surface area contributed by atoms with Gasteiger partial charge in [0.25, 0.3) is 0 Å². The Morgan fingerprint density at radius 1 is 0.606 bits per heavy atom. The number of benzene rings is 5. The maximum absolute atomic E-state index is 3.74. The lowest BCUT2D eigenvalue weighted by atomic mass is 9.74. The van der Waals surface area contributed by atoms with Crippen molar-refractivity contribution in [3.63, 3.8) is 0 Å². The predicted octanol–water partition coefficient (Wildman–Crippen LogP) is 8.32. The maximum atomic E-state index is 3.74. The van der Waals surface area contributed by atoms with Crippen molar-refractivity contribution in [2.45, 2.75) is 19.3 Å². The van der Waals surface area contributed by atoms with Gasteiger partial charge in [-0.3, -0.25) is 0 Å². The average molecular weight is 425 g/mol. The highest BCUT2D eigenvalue weighted by molar-refractivity contribution is 6.22. The third kappa shape index (κ3) is 2.49. The van der Waals surface area contributed by atoms with Crippen LogP contribution in [-0.4, -0.2) is 4.57 Å². The fourth-order valence-electron chi connectivity index (χ4n) is 5.74. The number of anilines is 2. The van der Waals surface area contributed by atoms with Crippen LogP contribution in [0.5, 0.6) is 0 Å². The van der Waals surface area contributed by atoms with Gasteiger partial charge in [0, 0.05) is 33.2 Å². The lowest BCUT2D eigenvalue weighted by molar-refractivity contribution is 0.639. The molecule has 2 heterocycles. The SMILES string of the molecule is CC1(C)c2ccccc2Nc2cc3c4c5ccccc5ccc4n(-c4ccccc4)c3cc21. The van der Waals surface area contributed by atoms with E-state index in [0.29, 0.717) is 0 Å². The molecule has 0 radical (unpaired) electrons. The molecule has 0 fully saturated rings. The van der Waals surface area contributed by atoms with Crippen LogP contribution in [-0.2, 0) is 5.41 Å². The summed E-state index contributed by atoms with van der Waals surface area (Å²) in [5, 5.41) is 8.91. The number of para-hydroxylation sites is 2. The van der Waals surface area contributed by atoms with Gasteiger partial charge in [0.05, 0.1) is 11.0 Å². The van der Waals surface area contributed by atoms with E-state index in [2.05, 4.69) is 127 Å². The van der Waals surface area contributed by atoms with Gasteiger partial charge in [-0.2, -0.15) is 0 Å². The zero-order valence-electron chi connectivity index (χ0n) is 18.8. The van der Waals surface area contributed by atoms with E-state index >= 15 is 0 Å². The molecule has 33 heavy (non-hydrogen) atoms. The molecule has 2 nitrogen and oxygen atoms in total. The van der Waals surface area contributed by atoms with Gasteiger partial charge < -0.3 is 9.88 Å². The first-order valence-corrected chi connectivity index (χ1v) is 11.6. The third-order valence-corrected chi connectivity index (χ3v) is 7.35. The predicted molar refractivity (Wildman–Crippen MR) is 140 cm³/mol. The molecular weight excluding hydrogens is 400 g/mol. The van der Waals surface area contributed by atoms with Crippen molar-refractivity contribution in [3.05, 3.63) is 114 Å². The summed E-state index contributed by atoms with van der Waals surface area (Å²) in [5.41, 5.74) is 8.66. The summed E-state index contributed by atoms with van der Waals surface area (Å²) in [6.45, 7) is 4.67. The zero-order valence-corrected chi connectivity index (χ0v) is 18.8. The van der Waals surface area contributed by atoms with Crippen LogP contribution >= 0.6 is 0 Å². The van der Waals surface area contributed by atoms with E-state index in [0.717, 1.165) is 0 Å². The first kappa shape index (κ1) is 18.5. The quantitative estimate of drug-likeness (QED) is 0.281. The van der Waals surface area contributed by atoms with Crippen molar-refractivity contribution in [3.8, 4) is 5.69 Å². The van der Waals surface area contributed by atoms with Gasteiger partial charge in [0.15, 0.2) is 0 Å². The Kier molecular flexibility index (Phi) is 3.64.